The van der Waals surface area contributed by atoms with Crippen molar-refractivity contribution in [3.8, 4) is 11.5 Å². The molecule has 1 aliphatic rings. The molecule has 0 N–H and O–H groups in total. The molecule has 3 aromatic carbocycles. The Kier molecular flexibility index (Phi) is 4.74. The van der Waals surface area contributed by atoms with E-state index in [1.165, 1.54) is 0 Å². The van der Waals surface area contributed by atoms with Crippen LogP contribution in [0.1, 0.15) is 26.3 Å². The standard InChI is InChI=1S/C27H22NO4/c1-31-23-12-11-20(15-24(23)32-2)27(25(29)21-9-5-6-10-22(21)26(27)30)17-28-14-13-18-7-3-4-8-19(18)16-28/h3-16H,17H2,1-2H3/q+1. The van der Waals surface area contributed by atoms with Crippen molar-refractivity contribution in [2.24, 2.45) is 0 Å². The highest BCUT2D eigenvalue weighted by atomic mass is 16.5. The van der Waals surface area contributed by atoms with Crippen molar-refractivity contribution < 1.29 is 23.6 Å². The van der Waals surface area contributed by atoms with Gasteiger partial charge >= 0.3 is 0 Å². The molecule has 0 aliphatic heterocycles. The number of pyridine rings is 1. The smallest absolute Gasteiger partial charge is 0.188 e. The third-order valence-corrected chi connectivity index (χ3v) is 6.23. The summed E-state index contributed by atoms with van der Waals surface area (Å²) in [4.78, 5) is 27.7. The molecule has 0 spiro atoms. The number of fused-ring (bicyclic) bond motifs is 2. The quantitative estimate of drug-likeness (QED) is 0.357. The number of carbonyl (C=O) groups excluding carboxylic acids is 2. The third kappa shape index (κ3) is 2.89. The molecular formula is C27H22NO4+. The summed E-state index contributed by atoms with van der Waals surface area (Å²) in [5.74, 6) is 0.613. The summed E-state index contributed by atoms with van der Waals surface area (Å²) >= 11 is 0. The van der Waals surface area contributed by atoms with Crippen molar-refractivity contribution in [3.05, 3.63) is 102 Å². The van der Waals surface area contributed by atoms with Crippen LogP contribution in [-0.4, -0.2) is 25.8 Å². The van der Waals surface area contributed by atoms with E-state index >= 15 is 0 Å². The molecule has 0 unspecified atom stereocenters. The molecule has 0 radical (unpaired) electrons. The first-order valence-electron chi connectivity index (χ1n) is 10.4. The molecule has 1 aromatic heterocycles. The first kappa shape index (κ1) is 19.9. The van der Waals surface area contributed by atoms with Gasteiger partial charge in [0.25, 0.3) is 0 Å². The Labute approximate surface area is 185 Å². The number of hydrogen-bond acceptors (Lipinski definition) is 4. The van der Waals surface area contributed by atoms with Crippen molar-refractivity contribution in [2.75, 3.05) is 14.2 Å². The minimum Gasteiger partial charge on any atom is -0.493 e. The molecule has 0 fully saturated rings. The lowest BCUT2D eigenvalue weighted by Gasteiger charge is -2.24. The van der Waals surface area contributed by atoms with Gasteiger partial charge in [0.15, 0.2) is 47.4 Å². The molecule has 0 saturated carbocycles. The lowest BCUT2D eigenvalue weighted by atomic mass is 9.75. The zero-order valence-corrected chi connectivity index (χ0v) is 17.9. The van der Waals surface area contributed by atoms with Crippen molar-refractivity contribution in [1.29, 1.82) is 0 Å². The highest BCUT2D eigenvalue weighted by Crippen LogP contribution is 2.42. The van der Waals surface area contributed by atoms with Gasteiger partial charge in [-0.2, -0.15) is 0 Å². The minimum atomic E-state index is -1.39. The van der Waals surface area contributed by atoms with Crippen molar-refractivity contribution in [3.63, 3.8) is 0 Å². The molecule has 4 aromatic rings. The van der Waals surface area contributed by atoms with Crippen LogP contribution in [-0.2, 0) is 12.0 Å². The van der Waals surface area contributed by atoms with Crippen LogP contribution in [0.4, 0.5) is 0 Å². The SMILES string of the molecule is COc1ccc(C2(C[n+]3ccc4ccccc4c3)C(=O)c3ccccc3C2=O)cc1OC. The number of carbonyl (C=O) groups is 2. The van der Waals surface area contributed by atoms with Crippen LogP contribution in [0, 0.1) is 0 Å². The van der Waals surface area contributed by atoms with E-state index in [0.29, 0.717) is 28.2 Å². The predicted octanol–water partition coefficient (Wildman–Crippen LogP) is 4.16. The molecule has 0 bridgehead atoms. The molecule has 5 nitrogen and oxygen atoms in total. The Morgan fingerprint density at radius 3 is 2.03 bits per heavy atom. The third-order valence-electron chi connectivity index (χ3n) is 6.23. The summed E-state index contributed by atoms with van der Waals surface area (Å²) in [6.45, 7) is 0.180. The number of ketones is 2. The predicted molar refractivity (Wildman–Crippen MR) is 120 cm³/mol. The van der Waals surface area contributed by atoms with E-state index < -0.39 is 5.41 Å². The van der Waals surface area contributed by atoms with Crippen LogP contribution in [0.3, 0.4) is 0 Å². The summed E-state index contributed by atoms with van der Waals surface area (Å²) in [7, 11) is 3.10. The zero-order valence-electron chi connectivity index (χ0n) is 17.9. The van der Waals surface area contributed by atoms with Crippen LogP contribution in [0.15, 0.2) is 85.2 Å². The maximum Gasteiger partial charge on any atom is 0.188 e. The highest BCUT2D eigenvalue weighted by molar-refractivity contribution is 6.33. The van der Waals surface area contributed by atoms with Crippen LogP contribution in [0.25, 0.3) is 10.8 Å². The van der Waals surface area contributed by atoms with E-state index in [-0.39, 0.29) is 18.1 Å². The van der Waals surface area contributed by atoms with Crippen molar-refractivity contribution >= 4 is 22.3 Å². The van der Waals surface area contributed by atoms with Crippen LogP contribution in [0.2, 0.25) is 0 Å². The number of Topliss-reactive ketones (excluding diaryl/α,β-unsaturated/α-hetero) is 2. The molecular weight excluding hydrogens is 402 g/mol. The van der Waals surface area contributed by atoms with Crippen LogP contribution < -0.4 is 14.0 Å². The van der Waals surface area contributed by atoms with Gasteiger partial charge in [0, 0.05) is 22.6 Å². The molecule has 0 amide bonds. The first-order chi connectivity index (χ1) is 15.6. The van der Waals surface area contributed by atoms with Gasteiger partial charge in [-0.25, -0.2) is 4.57 Å². The van der Waals surface area contributed by atoms with Gasteiger partial charge in [0.05, 0.1) is 14.2 Å². The van der Waals surface area contributed by atoms with E-state index in [1.54, 1.807) is 56.7 Å². The molecule has 158 valence electrons. The average Bonchev–Trinajstić information content (AvgIpc) is 3.06. The Morgan fingerprint density at radius 2 is 1.38 bits per heavy atom. The Balaban J connectivity index is 1.71. The maximum atomic E-state index is 13.8. The minimum absolute atomic E-state index is 0.180. The molecule has 5 heteroatoms. The Hall–Kier alpha value is -3.99. The monoisotopic (exact) mass is 424 g/mol. The summed E-state index contributed by atoms with van der Waals surface area (Å²) in [5.41, 5.74) is 0.0976. The van der Waals surface area contributed by atoms with Gasteiger partial charge in [-0.05, 0) is 29.1 Å². The molecule has 0 atom stereocenters. The molecule has 0 saturated heterocycles. The fourth-order valence-corrected chi connectivity index (χ4v) is 4.59. The van der Waals surface area contributed by atoms with Crippen molar-refractivity contribution in [2.45, 2.75) is 12.0 Å². The normalized spacial score (nSPS) is 14.4. The number of aromatic nitrogens is 1. The lowest BCUT2D eigenvalue weighted by molar-refractivity contribution is -0.699. The van der Waals surface area contributed by atoms with Gasteiger partial charge in [-0.1, -0.05) is 48.5 Å². The summed E-state index contributed by atoms with van der Waals surface area (Å²) < 4.78 is 12.8. The average molecular weight is 424 g/mol. The number of benzene rings is 3. The topological polar surface area (TPSA) is 56.5 Å². The molecule has 1 aliphatic carbocycles. The number of nitrogens with zero attached hydrogens (tertiary/aromatic N) is 1. The maximum absolute atomic E-state index is 13.8. The lowest BCUT2D eigenvalue weighted by Crippen LogP contribution is -2.52. The Morgan fingerprint density at radius 1 is 0.750 bits per heavy atom. The summed E-state index contributed by atoms with van der Waals surface area (Å²) in [6, 6.07) is 22.3. The van der Waals surface area contributed by atoms with E-state index in [9.17, 15) is 9.59 Å². The van der Waals surface area contributed by atoms with Gasteiger partial charge in [-0.15, -0.1) is 0 Å². The fraction of sp³-hybridized carbons (Fsp3) is 0.148. The van der Waals surface area contributed by atoms with Gasteiger partial charge in [-0.3, -0.25) is 9.59 Å². The molecule has 1 heterocycles. The van der Waals surface area contributed by atoms with Crippen LogP contribution >= 0.6 is 0 Å². The zero-order chi connectivity index (χ0) is 22.3. The number of ether oxygens (including phenoxy) is 2. The van der Waals surface area contributed by atoms with E-state index in [0.717, 1.165) is 10.8 Å². The number of methoxy groups -OCH3 is 2. The first-order valence-corrected chi connectivity index (χ1v) is 10.4. The second kappa shape index (κ2) is 7.61. The van der Waals surface area contributed by atoms with E-state index in [2.05, 4.69) is 0 Å². The van der Waals surface area contributed by atoms with Crippen molar-refractivity contribution in [1.82, 2.24) is 0 Å². The Bertz CT molecular complexity index is 1340. The van der Waals surface area contributed by atoms with E-state index in [4.69, 9.17) is 9.47 Å². The molecule has 32 heavy (non-hydrogen) atoms. The fourth-order valence-electron chi connectivity index (χ4n) is 4.59. The van der Waals surface area contributed by atoms with Gasteiger partial charge < -0.3 is 9.47 Å². The van der Waals surface area contributed by atoms with Crippen LogP contribution in [0.5, 0.6) is 11.5 Å². The van der Waals surface area contributed by atoms with Gasteiger partial charge in [0.1, 0.15) is 0 Å². The van der Waals surface area contributed by atoms with Gasteiger partial charge in [0.2, 0.25) is 0 Å². The van der Waals surface area contributed by atoms with E-state index in [1.807, 2.05) is 47.3 Å². The summed E-state index contributed by atoms with van der Waals surface area (Å²) in [5, 5.41) is 2.13. The molecule has 5 rings (SSSR count). The largest absolute Gasteiger partial charge is 0.493 e. The highest BCUT2D eigenvalue weighted by Gasteiger charge is 2.57. The number of rotatable bonds is 5. The number of hydrogen-bond donors (Lipinski definition) is 0. The second-order valence-corrected chi connectivity index (χ2v) is 7.93. The summed E-state index contributed by atoms with van der Waals surface area (Å²) in [6.07, 6.45) is 3.88. The second-order valence-electron chi connectivity index (χ2n) is 7.93.